The second-order valence-electron chi connectivity index (χ2n) is 5.37. The van der Waals surface area contributed by atoms with Gasteiger partial charge >= 0.3 is 5.97 Å². The lowest BCUT2D eigenvalue weighted by Gasteiger charge is -2.35. The molecule has 5 heteroatoms. The molecule has 1 saturated heterocycles. The summed E-state index contributed by atoms with van der Waals surface area (Å²) in [7, 11) is 0. The van der Waals surface area contributed by atoms with Crippen molar-refractivity contribution in [3.8, 4) is 0 Å². The van der Waals surface area contributed by atoms with E-state index < -0.39 is 11.2 Å². The molecule has 1 heterocycles. The first kappa shape index (κ1) is 14.4. The Morgan fingerprint density at radius 3 is 2.41 bits per heavy atom. The number of hydrogen-bond donors (Lipinski definition) is 1. The van der Waals surface area contributed by atoms with E-state index in [0.29, 0.717) is 19.8 Å². The van der Waals surface area contributed by atoms with Crippen molar-refractivity contribution in [3.63, 3.8) is 0 Å². The summed E-state index contributed by atoms with van der Waals surface area (Å²) < 4.78 is 16.1. The van der Waals surface area contributed by atoms with E-state index in [2.05, 4.69) is 0 Å². The third kappa shape index (κ3) is 5.02. The van der Waals surface area contributed by atoms with Crippen molar-refractivity contribution in [3.05, 3.63) is 0 Å². The Kier molecular flexibility index (Phi) is 4.91. The third-order valence-electron chi connectivity index (χ3n) is 2.69. The molecule has 100 valence electrons. The summed E-state index contributed by atoms with van der Waals surface area (Å²) in [6, 6.07) is 0. The maximum atomic E-state index is 11.5. The van der Waals surface area contributed by atoms with E-state index in [1.54, 1.807) is 0 Å². The first-order chi connectivity index (χ1) is 7.87. The molecule has 0 aromatic heterocycles. The van der Waals surface area contributed by atoms with Crippen LogP contribution in [0.25, 0.3) is 0 Å². The second-order valence-corrected chi connectivity index (χ2v) is 5.37. The molecule has 0 atom stereocenters. The first-order valence-corrected chi connectivity index (χ1v) is 6.00. The summed E-state index contributed by atoms with van der Waals surface area (Å²) in [6.45, 7) is 7.11. The minimum Gasteiger partial charge on any atom is -0.458 e. The summed E-state index contributed by atoms with van der Waals surface area (Å²) in [5.74, 6) is -0.350. The van der Waals surface area contributed by atoms with Crippen LogP contribution in [0, 0.1) is 0 Å². The summed E-state index contributed by atoms with van der Waals surface area (Å²) in [4.78, 5) is 11.5. The van der Waals surface area contributed by atoms with Gasteiger partial charge in [0.25, 0.3) is 0 Å². The average Bonchev–Trinajstić information content (AvgIpc) is 2.25. The van der Waals surface area contributed by atoms with E-state index in [0.717, 1.165) is 12.8 Å². The highest BCUT2D eigenvalue weighted by Gasteiger charge is 2.33. The van der Waals surface area contributed by atoms with Crippen molar-refractivity contribution in [2.45, 2.75) is 44.8 Å². The number of rotatable bonds is 4. The molecule has 2 N–H and O–H groups in total. The molecule has 1 fully saturated rings. The lowest BCUT2D eigenvalue weighted by molar-refractivity contribution is -0.172. The zero-order chi connectivity index (χ0) is 12.9. The number of nitrogens with two attached hydrogens (primary N) is 1. The Hall–Kier alpha value is -0.650. The summed E-state index contributed by atoms with van der Waals surface area (Å²) >= 11 is 0. The largest absolute Gasteiger partial charge is 0.458 e. The highest BCUT2D eigenvalue weighted by molar-refractivity contribution is 5.71. The van der Waals surface area contributed by atoms with Crippen LogP contribution in [0.4, 0.5) is 0 Å². The van der Waals surface area contributed by atoms with E-state index >= 15 is 0 Å². The van der Waals surface area contributed by atoms with E-state index in [1.165, 1.54) is 0 Å². The van der Waals surface area contributed by atoms with Gasteiger partial charge in [0.1, 0.15) is 12.2 Å². The zero-order valence-corrected chi connectivity index (χ0v) is 11.0. The summed E-state index contributed by atoms with van der Waals surface area (Å²) in [5.41, 5.74) is 4.82. The van der Waals surface area contributed by atoms with Gasteiger partial charge in [-0.3, -0.25) is 0 Å². The highest BCUT2D eigenvalue weighted by Crippen LogP contribution is 2.24. The minimum atomic E-state index is -0.480. The lowest BCUT2D eigenvalue weighted by Crippen LogP contribution is -2.47. The van der Waals surface area contributed by atoms with Crippen molar-refractivity contribution in [1.29, 1.82) is 0 Å². The molecule has 0 unspecified atom stereocenters. The molecular formula is C12H23NO4. The number of esters is 1. The topological polar surface area (TPSA) is 70.8 Å². The van der Waals surface area contributed by atoms with Gasteiger partial charge in [0, 0.05) is 32.6 Å². The van der Waals surface area contributed by atoms with Crippen LogP contribution in [0.1, 0.15) is 33.6 Å². The normalized spacial score (nSPS) is 20.0. The molecule has 0 amide bonds. The molecule has 1 aliphatic heterocycles. The Balaban J connectivity index is 2.39. The fourth-order valence-corrected chi connectivity index (χ4v) is 1.73. The fourth-order valence-electron chi connectivity index (χ4n) is 1.73. The van der Waals surface area contributed by atoms with Crippen LogP contribution in [0.2, 0.25) is 0 Å². The molecule has 0 saturated carbocycles. The van der Waals surface area contributed by atoms with Gasteiger partial charge in [-0.2, -0.15) is 0 Å². The van der Waals surface area contributed by atoms with Crippen molar-refractivity contribution in [1.82, 2.24) is 0 Å². The summed E-state index contributed by atoms with van der Waals surface area (Å²) in [5, 5.41) is 0. The highest BCUT2D eigenvalue weighted by atomic mass is 16.6. The molecule has 0 aromatic carbocycles. The van der Waals surface area contributed by atoms with Gasteiger partial charge in [-0.15, -0.1) is 0 Å². The summed E-state index contributed by atoms with van der Waals surface area (Å²) in [6.07, 6.45) is 1.46. The van der Waals surface area contributed by atoms with Gasteiger partial charge in [0.15, 0.2) is 0 Å². The molecule has 0 aromatic rings. The second kappa shape index (κ2) is 5.80. The molecular weight excluding hydrogens is 222 g/mol. The smallest absolute Gasteiger partial charge is 0.332 e. The molecule has 5 nitrogen and oxygen atoms in total. The van der Waals surface area contributed by atoms with E-state index in [4.69, 9.17) is 19.9 Å². The molecule has 1 rings (SSSR count). The van der Waals surface area contributed by atoms with Crippen molar-refractivity contribution < 1.29 is 19.0 Å². The van der Waals surface area contributed by atoms with Crippen LogP contribution in [-0.2, 0) is 19.0 Å². The van der Waals surface area contributed by atoms with Gasteiger partial charge in [-0.1, -0.05) is 0 Å². The molecule has 17 heavy (non-hydrogen) atoms. The molecule has 0 aliphatic carbocycles. The van der Waals surface area contributed by atoms with Crippen molar-refractivity contribution in [2.75, 3.05) is 26.4 Å². The SMILES string of the molecule is CC(C)(C)OC(=O)COC1(CN)CCOCC1. The maximum Gasteiger partial charge on any atom is 0.332 e. The number of ether oxygens (including phenoxy) is 3. The van der Waals surface area contributed by atoms with Crippen LogP contribution in [0.5, 0.6) is 0 Å². The Morgan fingerprint density at radius 2 is 1.94 bits per heavy atom. The van der Waals surface area contributed by atoms with Crippen LogP contribution < -0.4 is 5.73 Å². The van der Waals surface area contributed by atoms with E-state index in [-0.39, 0.29) is 12.6 Å². The van der Waals surface area contributed by atoms with E-state index in [1.807, 2.05) is 20.8 Å². The van der Waals surface area contributed by atoms with Gasteiger partial charge in [-0.05, 0) is 20.8 Å². The van der Waals surface area contributed by atoms with Crippen LogP contribution in [0.15, 0.2) is 0 Å². The van der Waals surface area contributed by atoms with Crippen LogP contribution in [-0.4, -0.2) is 43.5 Å². The third-order valence-corrected chi connectivity index (χ3v) is 2.69. The van der Waals surface area contributed by atoms with Gasteiger partial charge in [0.2, 0.25) is 0 Å². The predicted octanol–water partition coefficient (Wildman–Crippen LogP) is 0.853. The van der Waals surface area contributed by atoms with Crippen LogP contribution >= 0.6 is 0 Å². The molecule has 0 bridgehead atoms. The quantitative estimate of drug-likeness (QED) is 0.744. The molecule has 0 radical (unpaired) electrons. The molecule has 0 spiro atoms. The first-order valence-electron chi connectivity index (χ1n) is 6.00. The van der Waals surface area contributed by atoms with Crippen molar-refractivity contribution in [2.24, 2.45) is 5.73 Å². The molecule has 1 aliphatic rings. The number of carbonyl (C=O) groups is 1. The lowest BCUT2D eigenvalue weighted by atomic mass is 9.94. The Bertz CT molecular complexity index is 254. The van der Waals surface area contributed by atoms with Crippen molar-refractivity contribution >= 4 is 5.97 Å². The van der Waals surface area contributed by atoms with E-state index in [9.17, 15) is 4.79 Å². The van der Waals surface area contributed by atoms with Crippen LogP contribution in [0.3, 0.4) is 0 Å². The van der Waals surface area contributed by atoms with Gasteiger partial charge in [0.05, 0.1) is 5.60 Å². The predicted molar refractivity (Wildman–Crippen MR) is 63.6 cm³/mol. The fraction of sp³-hybridized carbons (Fsp3) is 0.917. The van der Waals surface area contributed by atoms with Gasteiger partial charge < -0.3 is 19.9 Å². The number of carbonyl (C=O) groups excluding carboxylic acids is 1. The maximum absolute atomic E-state index is 11.5. The minimum absolute atomic E-state index is 0.0472. The Labute approximate surface area is 103 Å². The standard InChI is InChI=1S/C12H23NO4/c1-11(2,3)17-10(14)8-16-12(9-13)4-6-15-7-5-12/h4-9,13H2,1-3H3. The average molecular weight is 245 g/mol. The zero-order valence-electron chi connectivity index (χ0n) is 11.0. The Morgan fingerprint density at radius 1 is 1.35 bits per heavy atom. The monoisotopic (exact) mass is 245 g/mol. The number of hydrogen-bond acceptors (Lipinski definition) is 5. The van der Waals surface area contributed by atoms with Gasteiger partial charge in [-0.25, -0.2) is 4.79 Å².